The minimum Gasteiger partial charge on any atom is -1.00 e. The van der Waals surface area contributed by atoms with Crippen LogP contribution in [-0.2, 0) is 7.05 Å². The lowest BCUT2D eigenvalue weighted by atomic mass is 10.1. The normalized spacial score (nSPS) is 11.2. The Balaban J connectivity index is 0.00000196. The van der Waals surface area contributed by atoms with Crippen molar-refractivity contribution in [1.82, 2.24) is 4.98 Å². The minimum absolute atomic E-state index is 0. The van der Waals surface area contributed by atoms with Gasteiger partial charge in [0.2, 0.25) is 11.2 Å². The van der Waals surface area contributed by atoms with E-state index in [0.29, 0.717) is 5.52 Å². The minimum atomic E-state index is 0. The van der Waals surface area contributed by atoms with E-state index >= 15 is 0 Å². The van der Waals surface area contributed by atoms with Gasteiger partial charge in [0.15, 0.2) is 0 Å². The lowest BCUT2D eigenvalue weighted by Gasteiger charge is -2.04. The van der Waals surface area contributed by atoms with E-state index in [1.54, 1.807) is 12.3 Å². The first-order valence-corrected chi connectivity index (χ1v) is 8.28. The fourth-order valence-electron chi connectivity index (χ4n) is 3.21. The van der Waals surface area contributed by atoms with Gasteiger partial charge in [0.1, 0.15) is 18.3 Å². The van der Waals surface area contributed by atoms with Crippen LogP contribution in [0.2, 0.25) is 0 Å². The molecule has 4 rings (SSSR count). The van der Waals surface area contributed by atoms with E-state index in [2.05, 4.69) is 66.0 Å². The van der Waals surface area contributed by atoms with Crippen molar-refractivity contribution in [3.05, 3.63) is 77.6 Å². The Morgan fingerprint density at radius 3 is 2.69 bits per heavy atom. The van der Waals surface area contributed by atoms with E-state index in [0.717, 1.165) is 16.6 Å². The Labute approximate surface area is 169 Å². The molecule has 0 radical (unpaired) electrons. The molecule has 1 N–H and O–H groups in total. The highest BCUT2D eigenvalue weighted by Gasteiger charge is 2.09. The second-order valence-corrected chi connectivity index (χ2v) is 6.29. The topological polar surface area (TPSA) is 37.0 Å². The van der Waals surface area contributed by atoms with Gasteiger partial charge >= 0.3 is 0 Å². The molecule has 0 bridgehead atoms. The molecule has 0 unspecified atom stereocenters. The fraction of sp³-hybridized carbons (Fsp3) is 0.0909. The molecular formula is C22H19IN2O. The molecule has 0 saturated carbocycles. The first-order valence-electron chi connectivity index (χ1n) is 8.28. The van der Waals surface area contributed by atoms with Crippen LogP contribution in [0.3, 0.4) is 0 Å². The summed E-state index contributed by atoms with van der Waals surface area (Å²) in [6.45, 7) is 2.11. The van der Waals surface area contributed by atoms with Crippen molar-refractivity contribution in [1.29, 1.82) is 0 Å². The number of pyridine rings is 2. The Morgan fingerprint density at radius 1 is 1.00 bits per heavy atom. The first kappa shape index (κ1) is 18.3. The van der Waals surface area contributed by atoms with Crippen LogP contribution in [0.15, 0.2) is 60.8 Å². The average Bonchev–Trinajstić information content (AvgIpc) is 2.61. The Kier molecular flexibility index (Phi) is 5.23. The second-order valence-electron chi connectivity index (χ2n) is 6.29. The second kappa shape index (κ2) is 7.41. The number of aryl methyl sites for hydroxylation is 2. The van der Waals surface area contributed by atoms with Crippen LogP contribution in [0.5, 0.6) is 5.75 Å². The number of para-hydroxylation sites is 1. The summed E-state index contributed by atoms with van der Waals surface area (Å²) in [7, 11) is 2.08. The van der Waals surface area contributed by atoms with Gasteiger partial charge in [0.25, 0.3) is 0 Å². The van der Waals surface area contributed by atoms with Crippen LogP contribution >= 0.6 is 0 Å². The Hall–Kier alpha value is -2.47. The third-order valence-electron chi connectivity index (χ3n) is 4.58. The van der Waals surface area contributed by atoms with Crippen molar-refractivity contribution in [2.45, 2.75) is 6.92 Å². The SMILES string of the molecule is Cc1ccc2c(ccc(/C=C/c3ccnc4c(O)cccc34)[n+]2C)c1.[I-]. The van der Waals surface area contributed by atoms with Crippen molar-refractivity contribution >= 4 is 34.0 Å². The number of rotatable bonds is 2. The number of halogens is 1. The van der Waals surface area contributed by atoms with E-state index in [1.807, 2.05) is 18.2 Å². The zero-order valence-electron chi connectivity index (χ0n) is 14.6. The molecule has 130 valence electrons. The molecule has 0 fully saturated rings. The number of hydrogen-bond acceptors (Lipinski definition) is 2. The van der Waals surface area contributed by atoms with Crippen molar-refractivity contribution in [2.24, 2.45) is 7.05 Å². The zero-order valence-corrected chi connectivity index (χ0v) is 16.8. The predicted octanol–water partition coefficient (Wildman–Crippen LogP) is 1.40. The summed E-state index contributed by atoms with van der Waals surface area (Å²) in [5.41, 5.74) is 5.23. The summed E-state index contributed by atoms with van der Waals surface area (Å²) in [6.07, 6.45) is 5.89. The van der Waals surface area contributed by atoms with Crippen LogP contribution in [0.4, 0.5) is 0 Å². The Bertz CT molecular complexity index is 1140. The molecule has 3 nitrogen and oxygen atoms in total. The first-order chi connectivity index (χ1) is 12.1. The third-order valence-corrected chi connectivity index (χ3v) is 4.58. The maximum Gasteiger partial charge on any atom is 0.212 e. The number of aromatic hydroxyl groups is 1. The molecule has 4 heteroatoms. The summed E-state index contributed by atoms with van der Waals surface area (Å²) < 4.78 is 2.19. The monoisotopic (exact) mass is 454 g/mol. The van der Waals surface area contributed by atoms with Crippen LogP contribution < -0.4 is 28.5 Å². The summed E-state index contributed by atoms with van der Waals surface area (Å²) in [6, 6.07) is 18.2. The van der Waals surface area contributed by atoms with Crippen molar-refractivity contribution < 1.29 is 33.7 Å². The maximum atomic E-state index is 9.98. The van der Waals surface area contributed by atoms with Gasteiger partial charge in [-0.25, -0.2) is 0 Å². The van der Waals surface area contributed by atoms with E-state index in [-0.39, 0.29) is 29.7 Å². The molecule has 26 heavy (non-hydrogen) atoms. The number of phenolic OH excluding ortho intramolecular Hbond substituents is 1. The highest BCUT2D eigenvalue weighted by Crippen LogP contribution is 2.25. The van der Waals surface area contributed by atoms with E-state index in [9.17, 15) is 5.11 Å². The number of aromatic nitrogens is 2. The highest BCUT2D eigenvalue weighted by molar-refractivity contribution is 5.93. The van der Waals surface area contributed by atoms with Crippen molar-refractivity contribution in [3.8, 4) is 5.75 Å². The molecule has 2 aromatic carbocycles. The van der Waals surface area contributed by atoms with Gasteiger partial charge in [-0.15, -0.1) is 0 Å². The number of hydrogen-bond donors (Lipinski definition) is 1. The van der Waals surface area contributed by atoms with E-state index < -0.39 is 0 Å². The fourth-order valence-corrected chi connectivity index (χ4v) is 3.21. The summed E-state index contributed by atoms with van der Waals surface area (Å²) >= 11 is 0. The lowest BCUT2D eigenvalue weighted by Crippen LogP contribution is -3.00. The van der Waals surface area contributed by atoms with E-state index in [4.69, 9.17) is 0 Å². The highest BCUT2D eigenvalue weighted by atomic mass is 127. The van der Waals surface area contributed by atoms with Crippen molar-refractivity contribution in [2.75, 3.05) is 0 Å². The number of fused-ring (bicyclic) bond motifs is 2. The summed E-state index contributed by atoms with van der Waals surface area (Å²) in [4.78, 5) is 4.27. The number of nitrogens with zero attached hydrogens (tertiary/aromatic N) is 2. The summed E-state index contributed by atoms with van der Waals surface area (Å²) in [5.74, 6) is 0.208. The maximum absolute atomic E-state index is 9.98. The van der Waals surface area contributed by atoms with Crippen LogP contribution in [-0.4, -0.2) is 10.1 Å². The smallest absolute Gasteiger partial charge is 0.212 e. The Morgan fingerprint density at radius 2 is 1.85 bits per heavy atom. The molecule has 0 aliphatic heterocycles. The summed E-state index contributed by atoms with van der Waals surface area (Å²) in [5, 5.41) is 12.2. The molecule has 0 atom stereocenters. The lowest BCUT2D eigenvalue weighted by molar-refractivity contribution is -0.646. The van der Waals surface area contributed by atoms with Crippen LogP contribution in [0.1, 0.15) is 16.8 Å². The number of benzene rings is 2. The molecular weight excluding hydrogens is 435 g/mol. The molecule has 4 aromatic rings. The quantitative estimate of drug-likeness (QED) is 0.368. The van der Waals surface area contributed by atoms with Gasteiger partial charge in [0.05, 0.1) is 0 Å². The third kappa shape index (κ3) is 3.29. The van der Waals surface area contributed by atoms with Gasteiger partial charge in [-0.1, -0.05) is 23.8 Å². The van der Waals surface area contributed by atoms with Crippen LogP contribution in [0, 0.1) is 6.92 Å². The molecule has 2 aromatic heterocycles. The molecule has 0 amide bonds. The van der Waals surface area contributed by atoms with Gasteiger partial charge in [0, 0.05) is 35.2 Å². The van der Waals surface area contributed by atoms with Gasteiger partial charge < -0.3 is 29.1 Å². The zero-order chi connectivity index (χ0) is 17.4. The standard InChI is InChI=1S/C22H18N2O.HI/c1-15-6-11-20-17(14-15)8-10-18(24(20)2)9-7-16-12-13-23-22-19(16)4-3-5-21(22)25;/h3-14H,1-2H3;1H. The molecule has 0 spiro atoms. The van der Waals surface area contributed by atoms with E-state index in [1.165, 1.54) is 16.5 Å². The molecule has 0 aliphatic carbocycles. The van der Waals surface area contributed by atoms with Gasteiger partial charge in [-0.3, -0.25) is 4.98 Å². The predicted molar refractivity (Wildman–Crippen MR) is 102 cm³/mol. The van der Waals surface area contributed by atoms with Crippen LogP contribution in [0.25, 0.3) is 34.0 Å². The largest absolute Gasteiger partial charge is 1.00 e. The molecule has 0 saturated heterocycles. The van der Waals surface area contributed by atoms with Gasteiger partial charge in [-0.2, -0.15) is 4.57 Å². The van der Waals surface area contributed by atoms with Gasteiger partial charge in [-0.05, 0) is 42.8 Å². The molecule has 0 aliphatic rings. The molecule has 2 heterocycles. The number of phenols is 1. The average molecular weight is 454 g/mol. The van der Waals surface area contributed by atoms with Crippen molar-refractivity contribution in [3.63, 3.8) is 0 Å².